The third kappa shape index (κ3) is 3.31. The Morgan fingerprint density at radius 2 is 2.27 bits per heavy atom. The van der Waals surface area contributed by atoms with Crippen LogP contribution in [0.1, 0.15) is 23.2 Å². The van der Waals surface area contributed by atoms with Gasteiger partial charge in [0.25, 0.3) is 0 Å². The van der Waals surface area contributed by atoms with Gasteiger partial charge in [-0.05, 0) is 37.1 Å². The molecular formula is C17H23N3O2. The molecule has 3 rings (SSSR count). The zero-order valence-corrected chi connectivity index (χ0v) is 13.2. The SMILES string of the molecule is Cc1[nH]c2ccc(CNC(=O)CC3COCCN3)cc2c1C. The Labute approximate surface area is 130 Å². The maximum atomic E-state index is 12.0. The van der Waals surface area contributed by atoms with Gasteiger partial charge in [0.05, 0.1) is 13.2 Å². The summed E-state index contributed by atoms with van der Waals surface area (Å²) in [7, 11) is 0. The van der Waals surface area contributed by atoms with Gasteiger partial charge in [0.15, 0.2) is 0 Å². The highest BCUT2D eigenvalue weighted by molar-refractivity contribution is 5.85. The predicted molar refractivity (Wildman–Crippen MR) is 86.8 cm³/mol. The smallest absolute Gasteiger partial charge is 0.221 e. The lowest BCUT2D eigenvalue weighted by Crippen LogP contribution is -2.44. The van der Waals surface area contributed by atoms with Crippen molar-refractivity contribution in [2.75, 3.05) is 19.8 Å². The topological polar surface area (TPSA) is 66.2 Å². The van der Waals surface area contributed by atoms with E-state index in [4.69, 9.17) is 4.74 Å². The minimum Gasteiger partial charge on any atom is -0.378 e. The molecule has 5 nitrogen and oxygen atoms in total. The average molecular weight is 301 g/mol. The second-order valence-corrected chi connectivity index (χ2v) is 5.96. The molecule has 5 heteroatoms. The van der Waals surface area contributed by atoms with Gasteiger partial charge in [-0.15, -0.1) is 0 Å². The summed E-state index contributed by atoms with van der Waals surface area (Å²) in [5.41, 5.74) is 4.73. The van der Waals surface area contributed by atoms with Crippen LogP contribution in [0.25, 0.3) is 10.9 Å². The molecule has 1 atom stereocenters. The number of fused-ring (bicyclic) bond motifs is 1. The van der Waals surface area contributed by atoms with Gasteiger partial charge in [-0.2, -0.15) is 0 Å². The van der Waals surface area contributed by atoms with Crippen molar-refractivity contribution in [1.29, 1.82) is 0 Å². The summed E-state index contributed by atoms with van der Waals surface area (Å²) < 4.78 is 5.36. The second kappa shape index (κ2) is 6.50. The number of benzene rings is 1. The number of nitrogens with one attached hydrogen (secondary N) is 3. The fraction of sp³-hybridized carbons (Fsp3) is 0.471. The fourth-order valence-electron chi connectivity index (χ4n) is 2.87. The van der Waals surface area contributed by atoms with Crippen LogP contribution < -0.4 is 10.6 Å². The number of aromatic amines is 1. The summed E-state index contributed by atoms with van der Waals surface area (Å²) in [6.45, 7) is 6.92. The number of H-pyrrole nitrogens is 1. The molecule has 0 spiro atoms. The number of amides is 1. The van der Waals surface area contributed by atoms with Crippen LogP contribution in [-0.2, 0) is 16.1 Å². The number of morpholine rings is 1. The Balaban J connectivity index is 1.58. The lowest BCUT2D eigenvalue weighted by Gasteiger charge is -2.23. The van der Waals surface area contributed by atoms with Gasteiger partial charge in [0.1, 0.15) is 0 Å². The van der Waals surface area contributed by atoms with Gasteiger partial charge in [-0.3, -0.25) is 4.79 Å². The van der Waals surface area contributed by atoms with Crippen LogP contribution in [0.15, 0.2) is 18.2 Å². The molecule has 22 heavy (non-hydrogen) atoms. The highest BCUT2D eigenvalue weighted by Gasteiger charge is 2.16. The van der Waals surface area contributed by atoms with Crippen LogP contribution in [0.4, 0.5) is 0 Å². The van der Waals surface area contributed by atoms with Crippen LogP contribution in [0.3, 0.4) is 0 Å². The van der Waals surface area contributed by atoms with Crippen molar-refractivity contribution in [3.8, 4) is 0 Å². The van der Waals surface area contributed by atoms with Crippen molar-refractivity contribution in [3.05, 3.63) is 35.0 Å². The summed E-state index contributed by atoms with van der Waals surface area (Å²) in [5.74, 6) is 0.0602. The first-order chi connectivity index (χ1) is 10.6. The predicted octanol–water partition coefficient (Wildman–Crippen LogP) is 1.78. The largest absolute Gasteiger partial charge is 0.378 e. The number of rotatable bonds is 4. The van der Waals surface area contributed by atoms with Crippen LogP contribution in [0.2, 0.25) is 0 Å². The molecule has 1 unspecified atom stereocenters. The van der Waals surface area contributed by atoms with E-state index in [0.29, 0.717) is 19.6 Å². The fourth-order valence-corrected chi connectivity index (χ4v) is 2.87. The number of carbonyl (C=O) groups is 1. The van der Waals surface area contributed by atoms with Crippen LogP contribution >= 0.6 is 0 Å². The number of hydrogen-bond donors (Lipinski definition) is 3. The van der Waals surface area contributed by atoms with Crippen LogP contribution in [0, 0.1) is 13.8 Å². The van der Waals surface area contributed by atoms with E-state index >= 15 is 0 Å². The van der Waals surface area contributed by atoms with E-state index in [0.717, 1.165) is 24.2 Å². The molecule has 1 fully saturated rings. The van der Waals surface area contributed by atoms with Crippen molar-refractivity contribution >= 4 is 16.8 Å². The number of aromatic nitrogens is 1. The highest BCUT2D eigenvalue weighted by atomic mass is 16.5. The maximum absolute atomic E-state index is 12.0. The lowest BCUT2D eigenvalue weighted by atomic mass is 10.1. The number of carbonyl (C=O) groups excluding carboxylic acids is 1. The zero-order chi connectivity index (χ0) is 15.5. The van der Waals surface area contributed by atoms with Gasteiger partial charge in [0, 0.05) is 42.1 Å². The molecule has 3 N–H and O–H groups in total. The molecule has 1 aromatic heterocycles. The first-order valence-electron chi connectivity index (χ1n) is 7.79. The average Bonchev–Trinajstić information content (AvgIpc) is 2.81. The van der Waals surface area contributed by atoms with Gasteiger partial charge >= 0.3 is 0 Å². The summed E-state index contributed by atoms with van der Waals surface area (Å²) >= 11 is 0. The van der Waals surface area contributed by atoms with E-state index in [1.807, 2.05) is 0 Å². The molecule has 1 aliphatic heterocycles. The van der Waals surface area contributed by atoms with Crippen molar-refractivity contribution in [1.82, 2.24) is 15.6 Å². The van der Waals surface area contributed by atoms with Crippen molar-refractivity contribution < 1.29 is 9.53 Å². The second-order valence-electron chi connectivity index (χ2n) is 5.96. The quantitative estimate of drug-likeness (QED) is 0.806. The first kappa shape index (κ1) is 15.1. The number of aryl methyl sites for hydroxylation is 2. The van der Waals surface area contributed by atoms with E-state index in [9.17, 15) is 4.79 Å². The zero-order valence-electron chi connectivity index (χ0n) is 13.2. The monoisotopic (exact) mass is 301 g/mol. The first-order valence-corrected chi connectivity index (χ1v) is 7.79. The molecule has 0 saturated carbocycles. The maximum Gasteiger partial charge on any atom is 0.221 e. The molecule has 1 amide bonds. The van der Waals surface area contributed by atoms with E-state index < -0.39 is 0 Å². The minimum absolute atomic E-state index is 0.0602. The van der Waals surface area contributed by atoms with E-state index in [1.165, 1.54) is 16.6 Å². The van der Waals surface area contributed by atoms with E-state index in [2.05, 4.69) is 47.7 Å². The van der Waals surface area contributed by atoms with Gasteiger partial charge in [-0.1, -0.05) is 6.07 Å². The third-order valence-electron chi connectivity index (χ3n) is 4.29. The molecule has 1 aromatic carbocycles. The van der Waals surface area contributed by atoms with E-state index in [-0.39, 0.29) is 11.9 Å². The van der Waals surface area contributed by atoms with Crippen LogP contribution in [-0.4, -0.2) is 36.7 Å². The summed E-state index contributed by atoms with van der Waals surface area (Å²) in [5, 5.41) is 7.51. The number of ether oxygens (including phenoxy) is 1. The summed E-state index contributed by atoms with van der Waals surface area (Å²) in [4.78, 5) is 15.4. The van der Waals surface area contributed by atoms with Gasteiger partial charge in [0.2, 0.25) is 5.91 Å². The van der Waals surface area contributed by atoms with E-state index in [1.54, 1.807) is 0 Å². The third-order valence-corrected chi connectivity index (χ3v) is 4.29. The van der Waals surface area contributed by atoms with Crippen molar-refractivity contribution in [3.63, 3.8) is 0 Å². The Bertz CT molecular complexity index is 672. The minimum atomic E-state index is 0.0602. The van der Waals surface area contributed by atoms with Crippen molar-refractivity contribution in [2.45, 2.75) is 32.9 Å². The van der Waals surface area contributed by atoms with Crippen molar-refractivity contribution in [2.24, 2.45) is 0 Å². The molecule has 2 heterocycles. The van der Waals surface area contributed by atoms with Crippen LogP contribution in [0.5, 0.6) is 0 Å². The molecule has 0 radical (unpaired) electrons. The van der Waals surface area contributed by atoms with Gasteiger partial charge in [-0.25, -0.2) is 0 Å². The molecule has 1 saturated heterocycles. The molecular weight excluding hydrogens is 278 g/mol. The molecule has 0 aliphatic carbocycles. The highest BCUT2D eigenvalue weighted by Crippen LogP contribution is 2.22. The Hall–Kier alpha value is -1.85. The Morgan fingerprint density at radius 3 is 3.05 bits per heavy atom. The standard InChI is InChI=1S/C17H23N3O2/c1-11-12(2)20-16-4-3-13(7-15(11)16)9-19-17(21)8-14-10-22-6-5-18-14/h3-4,7,14,18,20H,5-6,8-10H2,1-2H3,(H,19,21). The van der Waals surface area contributed by atoms with Gasteiger partial charge < -0.3 is 20.4 Å². The molecule has 118 valence electrons. The Morgan fingerprint density at radius 1 is 1.41 bits per heavy atom. The summed E-state index contributed by atoms with van der Waals surface area (Å²) in [6.07, 6.45) is 0.463. The normalized spacial score (nSPS) is 18.5. The Kier molecular flexibility index (Phi) is 4.45. The lowest BCUT2D eigenvalue weighted by molar-refractivity contribution is -0.122. The molecule has 0 bridgehead atoms. The molecule has 2 aromatic rings. The number of hydrogen-bond acceptors (Lipinski definition) is 3. The molecule has 1 aliphatic rings. The summed E-state index contributed by atoms with van der Waals surface area (Å²) in [6, 6.07) is 6.41.